The zero-order valence-electron chi connectivity index (χ0n) is 17.1. The topological polar surface area (TPSA) is 58.2 Å². The van der Waals surface area contributed by atoms with Crippen molar-refractivity contribution >= 4 is 21.6 Å². The summed E-state index contributed by atoms with van der Waals surface area (Å²) < 4.78 is 5.85. The second kappa shape index (κ2) is 7.70. The van der Waals surface area contributed by atoms with E-state index in [1.807, 2.05) is 18.2 Å². The highest BCUT2D eigenvalue weighted by molar-refractivity contribution is 7.19. The van der Waals surface area contributed by atoms with Crippen LogP contribution in [0, 0.1) is 13.8 Å². The van der Waals surface area contributed by atoms with Crippen LogP contribution in [0.5, 0.6) is 5.75 Å². The number of hydrogen-bond donors (Lipinski definition) is 1. The predicted octanol–water partition coefficient (Wildman–Crippen LogP) is 4.66. The van der Waals surface area contributed by atoms with Crippen LogP contribution in [0.4, 0.5) is 0 Å². The Kier molecular flexibility index (Phi) is 4.89. The van der Waals surface area contributed by atoms with Gasteiger partial charge in [0.2, 0.25) is 0 Å². The molecule has 4 aromatic rings. The number of hydrogen-bond acceptors (Lipinski definition) is 5. The number of aromatic amines is 1. The second-order valence-electron chi connectivity index (χ2n) is 7.76. The fourth-order valence-electron chi connectivity index (χ4n) is 4.03. The minimum absolute atomic E-state index is 0.0682. The Balaban J connectivity index is 1.48. The lowest BCUT2D eigenvalue weighted by Gasteiger charge is -2.18. The monoisotopic (exact) mass is 417 g/mol. The highest BCUT2D eigenvalue weighted by atomic mass is 32.1. The third-order valence-electron chi connectivity index (χ3n) is 5.53. The number of para-hydroxylation sites is 1. The maximum Gasteiger partial charge on any atom is 0.260 e. The molecule has 0 saturated carbocycles. The summed E-state index contributed by atoms with van der Waals surface area (Å²) in [7, 11) is 0. The molecule has 5 nitrogen and oxygen atoms in total. The first kappa shape index (κ1) is 19.0. The predicted molar refractivity (Wildman–Crippen MR) is 121 cm³/mol. The first-order valence-corrected chi connectivity index (χ1v) is 10.9. The van der Waals surface area contributed by atoms with E-state index in [0.717, 1.165) is 45.2 Å². The van der Waals surface area contributed by atoms with E-state index in [2.05, 4.69) is 54.1 Å². The molecule has 0 aliphatic carbocycles. The van der Waals surface area contributed by atoms with Gasteiger partial charge in [-0.2, -0.15) is 0 Å². The maximum atomic E-state index is 13.0. The lowest BCUT2D eigenvalue weighted by molar-refractivity contribution is 0.215. The van der Waals surface area contributed by atoms with E-state index in [4.69, 9.17) is 9.72 Å². The van der Waals surface area contributed by atoms with E-state index in [0.29, 0.717) is 24.4 Å². The van der Waals surface area contributed by atoms with Gasteiger partial charge in [0.1, 0.15) is 23.0 Å². The second-order valence-corrected chi connectivity index (χ2v) is 8.96. The molecule has 0 fully saturated rings. The molecule has 1 aliphatic rings. The Hall–Kier alpha value is -2.96. The SMILES string of the molecule is Cc1ccc(-c2c(C)sc3nc(CN4CCOc5ccccc5C4)[nH]c(=O)c23)cc1. The molecule has 0 bridgehead atoms. The first-order valence-electron chi connectivity index (χ1n) is 10.1. The van der Waals surface area contributed by atoms with Crippen molar-refractivity contribution in [2.75, 3.05) is 13.2 Å². The fraction of sp³-hybridized carbons (Fsp3) is 0.250. The van der Waals surface area contributed by atoms with Crippen molar-refractivity contribution in [3.8, 4) is 16.9 Å². The van der Waals surface area contributed by atoms with Crippen molar-refractivity contribution < 1.29 is 4.74 Å². The number of thiophene rings is 1. The number of nitrogens with one attached hydrogen (secondary N) is 1. The summed E-state index contributed by atoms with van der Waals surface area (Å²) in [4.78, 5) is 25.1. The number of rotatable bonds is 3. The Bertz CT molecular complexity index is 1270. The molecule has 0 amide bonds. The van der Waals surface area contributed by atoms with E-state index in [9.17, 15) is 4.79 Å². The van der Waals surface area contributed by atoms with Gasteiger partial charge in [-0.15, -0.1) is 11.3 Å². The Morgan fingerprint density at radius 3 is 2.77 bits per heavy atom. The van der Waals surface area contributed by atoms with Gasteiger partial charge in [0.25, 0.3) is 5.56 Å². The largest absolute Gasteiger partial charge is 0.492 e. The molecule has 2 aromatic carbocycles. The number of aryl methyl sites for hydroxylation is 2. The molecule has 0 radical (unpaired) electrons. The van der Waals surface area contributed by atoms with Crippen LogP contribution in [-0.4, -0.2) is 28.0 Å². The highest BCUT2D eigenvalue weighted by Gasteiger charge is 2.19. The van der Waals surface area contributed by atoms with E-state index in [-0.39, 0.29) is 5.56 Å². The smallest absolute Gasteiger partial charge is 0.260 e. The van der Waals surface area contributed by atoms with E-state index >= 15 is 0 Å². The number of aromatic nitrogens is 2. The number of H-pyrrole nitrogens is 1. The zero-order chi connectivity index (χ0) is 20.7. The average Bonchev–Trinajstić information content (AvgIpc) is 2.92. The summed E-state index contributed by atoms with van der Waals surface area (Å²) in [5, 5.41) is 0.689. The molecule has 6 heteroatoms. The molecule has 0 spiro atoms. The lowest BCUT2D eigenvalue weighted by Crippen LogP contribution is -2.27. The minimum atomic E-state index is -0.0682. The third kappa shape index (κ3) is 3.53. The van der Waals surface area contributed by atoms with Crippen LogP contribution in [0.3, 0.4) is 0 Å². The van der Waals surface area contributed by atoms with Gasteiger partial charge < -0.3 is 9.72 Å². The summed E-state index contributed by atoms with van der Waals surface area (Å²) in [6, 6.07) is 16.4. The number of fused-ring (bicyclic) bond motifs is 2. The standard InChI is InChI=1S/C24H23N3O2S/c1-15-7-9-17(10-8-15)21-16(2)30-24-22(21)23(28)25-20(26-24)14-27-11-12-29-19-6-4-3-5-18(19)13-27/h3-10H,11-14H2,1-2H3,(H,25,26,28). The molecular weight excluding hydrogens is 394 g/mol. The van der Waals surface area contributed by atoms with Crippen LogP contribution in [0.1, 0.15) is 21.8 Å². The van der Waals surface area contributed by atoms with Gasteiger partial charge in [0.15, 0.2) is 0 Å². The van der Waals surface area contributed by atoms with Gasteiger partial charge in [-0.05, 0) is 25.5 Å². The molecule has 152 valence electrons. The molecule has 1 aliphatic heterocycles. The summed E-state index contributed by atoms with van der Waals surface area (Å²) in [5.41, 5.74) is 4.35. The van der Waals surface area contributed by atoms with Gasteiger partial charge in [-0.1, -0.05) is 48.0 Å². The van der Waals surface area contributed by atoms with Gasteiger partial charge in [-0.25, -0.2) is 4.98 Å². The van der Waals surface area contributed by atoms with E-state index in [1.54, 1.807) is 11.3 Å². The Morgan fingerprint density at radius 2 is 1.93 bits per heavy atom. The minimum Gasteiger partial charge on any atom is -0.492 e. The maximum absolute atomic E-state index is 13.0. The molecule has 2 aromatic heterocycles. The number of benzene rings is 2. The molecule has 0 saturated heterocycles. The molecular formula is C24H23N3O2S. The quantitative estimate of drug-likeness (QED) is 0.527. The summed E-state index contributed by atoms with van der Waals surface area (Å²) in [5.74, 6) is 1.64. The molecule has 5 rings (SSSR count). The number of nitrogens with zero attached hydrogens (tertiary/aromatic N) is 2. The number of ether oxygens (including phenoxy) is 1. The molecule has 0 atom stereocenters. The zero-order valence-corrected chi connectivity index (χ0v) is 17.9. The summed E-state index contributed by atoms with van der Waals surface area (Å²) >= 11 is 1.59. The van der Waals surface area contributed by atoms with Crippen molar-refractivity contribution in [3.63, 3.8) is 0 Å². The van der Waals surface area contributed by atoms with Crippen LogP contribution in [-0.2, 0) is 13.1 Å². The van der Waals surface area contributed by atoms with Crippen molar-refractivity contribution in [3.05, 3.63) is 80.7 Å². The lowest BCUT2D eigenvalue weighted by atomic mass is 10.0. The van der Waals surface area contributed by atoms with Gasteiger partial charge in [-0.3, -0.25) is 9.69 Å². The Labute approximate surface area is 179 Å². The molecule has 1 N–H and O–H groups in total. The van der Waals surface area contributed by atoms with Crippen LogP contribution >= 0.6 is 11.3 Å². The van der Waals surface area contributed by atoms with Gasteiger partial charge in [0, 0.05) is 29.1 Å². The van der Waals surface area contributed by atoms with Gasteiger partial charge >= 0.3 is 0 Å². The fourth-order valence-corrected chi connectivity index (χ4v) is 5.10. The van der Waals surface area contributed by atoms with Crippen molar-refractivity contribution in [1.82, 2.24) is 14.9 Å². The molecule has 3 heterocycles. The van der Waals surface area contributed by atoms with Crippen LogP contribution in [0.2, 0.25) is 0 Å². The molecule has 30 heavy (non-hydrogen) atoms. The van der Waals surface area contributed by atoms with Crippen molar-refractivity contribution in [1.29, 1.82) is 0 Å². The van der Waals surface area contributed by atoms with Crippen molar-refractivity contribution in [2.45, 2.75) is 26.9 Å². The summed E-state index contributed by atoms with van der Waals surface area (Å²) in [6.45, 7) is 6.89. The van der Waals surface area contributed by atoms with Gasteiger partial charge in [0.05, 0.1) is 11.9 Å². The van der Waals surface area contributed by atoms with E-state index in [1.165, 1.54) is 5.56 Å². The highest BCUT2D eigenvalue weighted by Crippen LogP contribution is 2.35. The average molecular weight is 418 g/mol. The third-order valence-corrected chi connectivity index (χ3v) is 6.53. The van der Waals surface area contributed by atoms with Crippen LogP contribution in [0.25, 0.3) is 21.3 Å². The van der Waals surface area contributed by atoms with Crippen molar-refractivity contribution in [2.24, 2.45) is 0 Å². The Morgan fingerprint density at radius 1 is 1.13 bits per heavy atom. The van der Waals surface area contributed by atoms with E-state index < -0.39 is 0 Å². The first-order chi connectivity index (χ1) is 14.6. The molecule has 0 unspecified atom stereocenters. The normalized spacial score (nSPS) is 14.3. The van der Waals surface area contributed by atoms with Crippen LogP contribution < -0.4 is 10.3 Å². The summed E-state index contributed by atoms with van der Waals surface area (Å²) in [6.07, 6.45) is 0. The van der Waals surface area contributed by atoms with Crippen LogP contribution in [0.15, 0.2) is 53.3 Å².